The van der Waals surface area contributed by atoms with Crippen LogP contribution in [0.3, 0.4) is 0 Å². The van der Waals surface area contributed by atoms with Gasteiger partial charge in [0.15, 0.2) is 0 Å². The van der Waals surface area contributed by atoms with E-state index in [0.29, 0.717) is 56.0 Å². The molecule has 2 aliphatic rings. The number of morpholine rings is 1. The van der Waals surface area contributed by atoms with Gasteiger partial charge in [-0.3, -0.25) is 0 Å². The van der Waals surface area contributed by atoms with Gasteiger partial charge in [0.2, 0.25) is 11.6 Å². The van der Waals surface area contributed by atoms with E-state index in [1.54, 1.807) is 24.3 Å². The topological polar surface area (TPSA) is 68.4 Å². The fourth-order valence-electron chi connectivity index (χ4n) is 2.97. The van der Waals surface area contributed by atoms with Gasteiger partial charge in [-0.25, -0.2) is 9.83 Å². The quantitative estimate of drug-likeness (QED) is 0.307. The van der Waals surface area contributed by atoms with E-state index in [2.05, 4.69) is 9.83 Å². The summed E-state index contributed by atoms with van der Waals surface area (Å²) >= 11 is 0. The second-order valence-electron chi connectivity index (χ2n) is 5.83. The first-order valence-electron chi connectivity index (χ1n) is 59.1. The van der Waals surface area contributed by atoms with Crippen molar-refractivity contribution in [2.75, 3.05) is 31.2 Å². The zero-order valence-corrected chi connectivity index (χ0v) is 13.5. The van der Waals surface area contributed by atoms with Gasteiger partial charge < -0.3 is 24.1 Å². The molecule has 2 aliphatic heterocycles. The Bertz CT molecular complexity index is 924. The molecule has 1 fully saturated rings. The highest BCUT2D eigenvalue weighted by molar-refractivity contribution is 6.61. The van der Waals surface area contributed by atoms with E-state index in [-0.39, 0.29) is 0 Å². The molecule has 2 aromatic rings. The van der Waals surface area contributed by atoms with Crippen molar-refractivity contribution in [2.24, 2.45) is 0 Å². The van der Waals surface area contributed by atoms with Gasteiger partial charge in [0.05, 0.1) is 26.4 Å². The van der Waals surface area contributed by atoms with Crippen molar-refractivity contribution in [1.29, 1.82) is 0 Å². The summed E-state index contributed by atoms with van der Waals surface area (Å²) in [5, 5.41) is 9.68. The Morgan fingerprint density at radius 3 is 2.96 bits per heavy atom. The van der Waals surface area contributed by atoms with E-state index in [4.69, 9.17) is 172 Å². The van der Waals surface area contributed by atoms with Gasteiger partial charge in [0.25, 0.3) is 0 Å². The van der Waals surface area contributed by atoms with Crippen LogP contribution in [0.1, 0.15) is 157 Å². The van der Waals surface area contributed by atoms with Crippen LogP contribution >= 0.6 is 0 Å². The summed E-state index contributed by atoms with van der Waals surface area (Å²) in [6, 6.07) is 8.81. The standard InChI is InChI=1S/C17H16BN3O4.51H2/c1-19-15-4-5-16(20-17(15)21-6-8-23-9-7-21)25-13-2-3-14-12(10-13)11-24-18(14)22;;;;;;;;;;;;;;;;;;;;;;;;;;;;;;;;;;;;;;;;;;;;;;;;;;;/h2-5,10,22H,6-9,11H2;51*1H/i;51*1+1D. The van der Waals surface area contributed by atoms with E-state index in [9.17, 15) is 5.02 Å². The van der Waals surface area contributed by atoms with Crippen LogP contribution in [-0.2, 0) is 16.0 Å². The molecule has 0 unspecified atom stereocenters. The van der Waals surface area contributed by atoms with Crippen LogP contribution in [0.2, 0.25) is 0 Å². The van der Waals surface area contributed by atoms with Crippen LogP contribution in [0.4, 0.5) is 11.5 Å². The Morgan fingerprint density at radius 2 is 2.16 bits per heavy atom. The van der Waals surface area contributed by atoms with Crippen molar-refractivity contribution in [1.82, 2.24) is 4.98 Å². The Morgan fingerprint density at radius 1 is 1.32 bits per heavy atom. The molecule has 1 N–H and O–H groups in total. The molecule has 0 spiro atoms. The van der Waals surface area contributed by atoms with Crippen molar-refractivity contribution >= 4 is 24.1 Å². The first-order chi connectivity index (χ1) is 63.2. The lowest BCUT2D eigenvalue weighted by Gasteiger charge is -2.28. The van der Waals surface area contributed by atoms with Gasteiger partial charge in [0.1, 0.15) is 11.6 Å². The monoisotopic (exact) mass is 543 g/mol. The van der Waals surface area contributed by atoms with Gasteiger partial charge in [-0.2, -0.15) is 0 Å². The largest absolute Gasteiger partial charge is 0.491 e. The summed E-state index contributed by atoms with van der Waals surface area (Å²) in [6.07, 6.45) is 0. The van der Waals surface area contributed by atoms with E-state index in [1.165, 1.54) is 0 Å². The van der Waals surface area contributed by atoms with Crippen molar-refractivity contribution in [3.8, 4) is 11.6 Å². The third-order valence-electron chi connectivity index (χ3n) is 4.26. The zero-order valence-electron chi connectivity index (χ0n) is 116. The third-order valence-corrected chi connectivity index (χ3v) is 4.26. The number of benzene rings is 1. The molecule has 7 nitrogen and oxygen atoms in total. The maximum Gasteiger partial charge on any atom is 0.491 e. The molecule has 0 amide bonds. The minimum absolute atomic E-state index is 0.358. The second kappa shape index (κ2) is 6.72. The Hall–Kier alpha value is -2.60. The molecule has 0 atom stereocenters. The van der Waals surface area contributed by atoms with Crippen molar-refractivity contribution < 1.29 is 171 Å². The summed E-state index contributed by atoms with van der Waals surface area (Å²) in [5.74, 6) is 1.66. The minimum atomic E-state index is -0.868. The molecule has 1 aromatic heterocycles. The van der Waals surface area contributed by atoms with E-state index in [0.717, 1.165) is 11.0 Å². The normalized spacial score (nSPS) is 32.8. The van der Waals surface area contributed by atoms with Crippen molar-refractivity contribution in [3.05, 3.63) is 47.3 Å². The molecule has 0 saturated carbocycles. The molecule has 8 heteroatoms. The SMILES string of the molecule is [2H][2H].[2H][2H].[2H][2H].[2H][2H].[2H][2H].[2H][2H].[2H][2H].[2H][2H].[2H][2H].[2H][2H].[2H][2H].[2H][2H].[2H][2H].[2H][2H].[2H][2H].[2H][2H].[2H][2H].[2H][2H].[2H][2H].[2H][2H].[2H][2H].[2H][2H].[2H][2H].[2H][2H].[2H][2H].[2H][2H].[2H][2H].[2H][2H].[2H][2H].[2H][2H].[2H][2H].[2H][2H].[2H][2H].[2H][2H].[2H][2H].[2H][2H].[2H][2H].[2H][2H].[2H][2H].[2H][2H].[2H][2H].[2H][2H].[2H][2H].[2H][2H].[2H][2H].[2H][2H].[2H][2H].[2H][2H].[2H][2H].[2H][2H].[2H][2H].[C-]#[N+]c1ccc(Oc2ccc3c(c2)COB3O)nc1N1CCOCC1. The molecular weight excluding hydrogens is 321 g/mol. The number of fused-ring (bicyclic) bond motifs is 1. The number of aromatic nitrogens is 1. The molecule has 0 radical (unpaired) electrons. The number of hydrogen-bond donors (Lipinski definition) is 1. The molecule has 1 saturated heterocycles. The number of rotatable bonds is 3. The molecule has 3 heterocycles. The first-order valence-corrected chi connectivity index (χ1v) is 8.06. The number of hydrogen-bond acceptors (Lipinski definition) is 6. The van der Waals surface area contributed by atoms with E-state index >= 15 is 0 Å². The van der Waals surface area contributed by atoms with Gasteiger partial charge in [-0.1, -0.05) is 6.07 Å². The fraction of sp³-hybridized carbons (Fsp3) is 0.294. The Labute approximate surface area is 303 Å². The highest BCUT2D eigenvalue weighted by Crippen LogP contribution is 2.31. The van der Waals surface area contributed by atoms with Gasteiger partial charge in [0, 0.05) is 165 Å². The Balaban J connectivity index is -0.0000000117. The summed E-state index contributed by atoms with van der Waals surface area (Å²) in [5.41, 5.74) is 2.16. The van der Waals surface area contributed by atoms with Crippen LogP contribution in [-0.4, -0.2) is 43.4 Å². The minimum Gasteiger partial charge on any atom is -0.439 e. The molecule has 0 bridgehead atoms. The number of pyridine rings is 1. The molecule has 0 aliphatic carbocycles. The third kappa shape index (κ3) is 3.17. The maximum atomic E-state index is 9.68. The Kier molecular flexibility index (Phi) is 0.473. The second-order valence-corrected chi connectivity index (χ2v) is 5.83. The smallest absolute Gasteiger partial charge is 0.439 e. The lowest BCUT2D eigenvalue weighted by Crippen LogP contribution is -2.36. The van der Waals surface area contributed by atoms with Crippen molar-refractivity contribution in [2.45, 2.75) is 6.61 Å². The van der Waals surface area contributed by atoms with Crippen LogP contribution < -0.4 is 15.1 Å². The number of ether oxygens (including phenoxy) is 2. The highest BCUT2D eigenvalue weighted by Gasteiger charge is 2.27. The van der Waals surface area contributed by atoms with Crippen LogP contribution in [0, 0.1) is 6.57 Å². The average Bonchev–Trinajstić information content (AvgIpc) is 1.79. The molecule has 4 rings (SSSR count). The fourth-order valence-corrected chi connectivity index (χ4v) is 2.97. The maximum absolute atomic E-state index is 9.68. The zero-order chi connectivity index (χ0) is 119. The predicted octanol–water partition coefficient (Wildman–Crippen LogP) is 14.0. The van der Waals surface area contributed by atoms with Gasteiger partial charge in [-0.05, 0) is 35.3 Å². The summed E-state index contributed by atoms with van der Waals surface area (Å²) in [6.45, 7) is 10.4. The van der Waals surface area contributed by atoms with Gasteiger partial charge in [-0.15, -0.1) is 0 Å². The van der Waals surface area contributed by atoms with Crippen molar-refractivity contribution in [3.63, 3.8) is 0 Å². The van der Waals surface area contributed by atoms with Crippen LogP contribution in [0.25, 0.3) is 4.85 Å². The lowest BCUT2D eigenvalue weighted by molar-refractivity contribution is 0.122. The summed E-state index contributed by atoms with van der Waals surface area (Å²) < 4.78 is 526. The average molecular weight is 543 g/mol. The lowest BCUT2D eigenvalue weighted by atomic mass is 9.80. The first kappa shape index (κ1) is 1.76. The number of nitrogens with zero attached hydrogens (tertiary/aromatic N) is 3. The predicted molar refractivity (Wildman–Crippen MR) is 200 cm³/mol. The summed E-state index contributed by atoms with van der Waals surface area (Å²) in [7, 11) is -0.868. The highest BCUT2D eigenvalue weighted by atomic mass is 16.5. The van der Waals surface area contributed by atoms with Gasteiger partial charge >= 0.3 is 7.12 Å². The summed E-state index contributed by atoms with van der Waals surface area (Å²) in [4.78, 5) is 10.1. The molecule has 228 valence electrons. The van der Waals surface area contributed by atoms with Crippen LogP contribution in [0.15, 0.2) is 30.3 Å². The molecule has 1 aromatic carbocycles. The molecule has 25 heavy (non-hydrogen) atoms. The van der Waals surface area contributed by atoms with E-state index < -0.39 is 7.12 Å². The van der Waals surface area contributed by atoms with E-state index in [1.807, 2.05) is 11.0 Å². The molecular formula is C17H118BN3O4. The van der Waals surface area contributed by atoms with Crippen LogP contribution in [0.5, 0.6) is 11.6 Å². The number of anilines is 1.